The van der Waals surface area contributed by atoms with Crippen molar-refractivity contribution in [2.24, 2.45) is 10.8 Å². The molecule has 1 N–H and O–H groups in total. The van der Waals surface area contributed by atoms with Gasteiger partial charge in [-0.1, -0.05) is 13.8 Å². The topological polar surface area (TPSA) is 107 Å². The average Bonchev–Trinajstić information content (AvgIpc) is 2.65. The van der Waals surface area contributed by atoms with Gasteiger partial charge in [-0.3, -0.25) is 9.35 Å². The first-order valence-corrected chi connectivity index (χ1v) is 8.64. The monoisotopic (exact) mass is 374 g/mol. The van der Waals surface area contributed by atoms with E-state index in [2.05, 4.69) is 4.74 Å². The summed E-state index contributed by atoms with van der Waals surface area (Å²) in [5, 5.41) is 0. The van der Waals surface area contributed by atoms with Crippen molar-refractivity contribution in [3.8, 4) is 0 Å². The van der Waals surface area contributed by atoms with Crippen molar-refractivity contribution in [1.82, 2.24) is 0 Å². The zero-order valence-corrected chi connectivity index (χ0v) is 14.0. The smallest absolute Gasteiger partial charge is 0.426 e. The fourth-order valence-corrected chi connectivity index (χ4v) is 3.95. The van der Waals surface area contributed by atoms with Gasteiger partial charge in [0.1, 0.15) is 5.75 Å². The molecule has 11 heteroatoms. The van der Waals surface area contributed by atoms with Gasteiger partial charge >= 0.3 is 18.1 Å². The summed E-state index contributed by atoms with van der Waals surface area (Å²) in [5.74, 6) is -4.01. The highest BCUT2D eigenvalue weighted by molar-refractivity contribution is 7.85. The van der Waals surface area contributed by atoms with Gasteiger partial charge in [-0.05, 0) is 19.8 Å². The summed E-state index contributed by atoms with van der Waals surface area (Å²) in [6.45, 7) is 4.58. The van der Waals surface area contributed by atoms with E-state index in [-0.39, 0.29) is 12.8 Å². The van der Waals surface area contributed by atoms with Gasteiger partial charge < -0.3 is 9.47 Å². The summed E-state index contributed by atoms with van der Waals surface area (Å²) in [7, 11) is -5.05. The van der Waals surface area contributed by atoms with Crippen molar-refractivity contribution in [2.45, 2.75) is 51.5 Å². The molecular weight excluding hydrogens is 357 g/mol. The number of carbonyl (C=O) groups is 2. The molecule has 0 amide bonds. The van der Waals surface area contributed by atoms with Gasteiger partial charge in [-0.15, -0.1) is 0 Å². The summed E-state index contributed by atoms with van der Waals surface area (Å²) in [6, 6.07) is 0. The van der Waals surface area contributed by atoms with Crippen LogP contribution in [0.1, 0.15) is 33.6 Å². The van der Waals surface area contributed by atoms with Crippen LogP contribution in [0.25, 0.3) is 0 Å². The fourth-order valence-electron chi connectivity index (χ4n) is 3.31. The van der Waals surface area contributed by atoms with Crippen LogP contribution in [-0.4, -0.2) is 48.5 Å². The lowest BCUT2D eigenvalue weighted by molar-refractivity contribution is -0.228. The van der Waals surface area contributed by atoms with Gasteiger partial charge in [0, 0.05) is 5.41 Å². The molecule has 0 aromatic rings. The molecule has 1 aliphatic heterocycles. The molecule has 1 saturated heterocycles. The molecule has 138 valence electrons. The minimum absolute atomic E-state index is 0.0302. The van der Waals surface area contributed by atoms with Gasteiger partial charge in [-0.2, -0.15) is 21.6 Å². The van der Waals surface area contributed by atoms with Gasteiger partial charge in [-0.25, -0.2) is 4.79 Å². The Bertz CT molecular complexity index is 684. The van der Waals surface area contributed by atoms with Crippen LogP contribution in [0.2, 0.25) is 0 Å². The maximum Gasteiger partial charge on any atom is 0.426 e. The number of alkyl halides is 3. The maximum atomic E-state index is 12.9. The standard InChI is InChI=1S/C13H17F3O7S/c1-10(2)11(3)4-5-12(10,23-8(11)17)9(18)22-7(13(14,15)16)6-24(19,20)21/h7H,4-6H2,1-3H3,(H,19,20,21). The highest BCUT2D eigenvalue weighted by Crippen LogP contribution is 2.65. The van der Waals surface area contributed by atoms with E-state index in [1.54, 1.807) is 6.92 Å². The van der Waals surface area contributed by atoms with Gasteiger partial charge in [0.25, 0.3) is 10.1 Å². The van der Waals surface area contributed by atoms with E-state index in [1.165, 1.54) is 13.8 Å². The Morgan fingerprint density at radius 1 is 1.33 bits per heavy atom. The van der Waals surface area contributed by atoms with Crippen molar-refractivity contribution >= 4 is 22.1 Å². The van der Waals surface area contributed by atoms with Crippen LogP contribution in [0, 0.1) is 10.8 Å². The second kappa shape index (κ2) is 5.07. The number of hydrogen-bond acceptors (Lipinski definition) is 6. The summed E-state index contributed by atoms with van der Waals surface area (Å²) in [4.78, 5) is 24.4. The van der Waals surface area contributed by atoms with Crippen molar-refractivity contribution in [3.05, 3.63) is 0 Å². The van der Waals surface area contributed by atoms with Crippen LogP contribution in [0.3, 0.4) is 0 Å². The predicted molar refractivity (Wildman–Crippen MR) is 72.3 cm³/mol. The molecule has 7 nitrogen and oxygen atoms in total. The number of hydrogen-bond donors (Lipinski definition) is 1. The molecule has 1 saturated carbocycles. The third-order valence-corrected chi connectivity index (χ3v) is 6.11. The Kier molecular flexibility index (Phi) is 4.01. The fraction of sp³-hybridized carbons (Fsp3) is 0.846. The number of rotatable bonds is 4. The van der Waals surface area contributed by atoms with E-state index in [4.69, 9.17) is 9.29 Å². The molecule has 0 radical (unpaired) electrons. The lowest BCUT2D eigenvalue weighted by Gasteiger charge is -2.35. The third-order valence-electron chi connectivity index (χ3n) is 5.39. The van der Waals surface area contributed by atoms with E-state index >= 15 is 0 Å². The summed E-state index contributed by atoms with van der Waals surface area (Å²) < 4.78 is 78.3. The number of carbonyl (C=O) groups excluding carboxylic acids is 2. The molecule has 2 aliphatic rings. The molecule has 3 atom stereocenters. The normalized spacial score (nSPS) is 33.2. The maximum absolute atomic E-state index is 12.9. The van der Waals surface area contributed by atoms with E-state index in [0.29, 0.717) is 0 Å². The summed E-state index contributed by atoms with van der Waals surface area (Å²) >= 11 is 0. The number of esters is 2. The number of ether oxygens (including phenoxy) is 2. The van der Waals surface area contributed by atoms with Crippen LogP contribution in [0.15, 0.2) is 0 Å². The zero-order valence-electron chi connectivity index (χ0n) is 13.1. The van der Waals surface area contributed by atoms with Crippen LogP contribution >= 0.6 is 0 Å². The van der Waals surface area contributed by atoms with E-state index < -0.39 is 56.5 Å². The van der Waals surface area contributed by atoms with Crippen molar-refractivity contribution in [3.63, 3.8) is 0 Å². The van der Waals surface area contributed by atoms with Crippen LogP contribution < -0.4 is 0 Å². The first-order valence-electron chi connectivity index (χ1n) is 7.03. The molecule has 1 heterocycles. The molecule has 2 bridgehead atoms. The first-order chi connectivity index (χ1) is 10.6. The Labute approximate surface area is 136 Å². The molecule has 0 aromatic carbocycles. The molecule has 3 unspecified atom stereocenters. The Hall–Kier alpha value is -1.36. The first kappa shape index (κ1) is 19.0. The van der Waals surface area contributed by atoms with Crippen molar-refractivity contribution in [2.75, 3.05) is 5.75 Å². The van der Waals surface area contributed by atoms with Crippen LogP contribution in [0.4, 0.5) is 13.2 Å². The summed E-state index contributed by atoms with van der Waals surface area (Å²) in [6.07, 6.45) is -8.08. The number of halogens is 3. The SMILES string of the molecule is CC12CCC(C(=O)OC(CS(=O)(=O)O)C(F)(F)F)(OC1=O)C2(C)C. The zero-order chi connectivity index (χ0) is 18.8. The molecule has 2 fully saturated rings. The van der Waals surface area contributed by atoms with Crippen molar-refractivity contribution < 1.29 is 45.2 Å². The van der Waals surface area contributed by atoms with Crippen LogP contribution in [0.5, 0.6) is 0 Å². The molecular formula is C13H17F3O7S. The molecule has 2 rings (SSSR count). The molecule has 0 aromatic heterocycles. The van der Waals surface area contributed by atoms with Gasteiger partial charge in [0.05, 0.1) is 5.41 Å². The second-order valence-corrected chi connectivity index (χ2v) is 8.35. The Balaban J connectivity index is 2.33. The highest BCUT2D eigenvalue weighted by Gasteiger charge is 2.76. The number of fused-ring (bicyclic) bond motifs is 2. The van der Waals surface area contributed by atoms with Gasteiger partial charge in [0.15, 0.2) is 0 Å². The molecule has 1 aliphatic carbocycles. The van der Waals surface area contributed by atoms with E-state index in [1.807, 2.05) is 0 Å². The van der Waals surface area contributed by atoms with Crippen molar-refractivity contribution in [1.29, 1.82) is 0 Å². The molecule has 0 spiro atoms. The Morgan fingerprint density at radius 2 is 1.88 bits per heavy atom. The quantitative estimate of drug-likeness (QED) is 0.586. The van der Waals surface area contributed by atoms with E-state index in [0.717, 1.165) is 0 Å². The largest absolute Gasteiger partial charge is 0.449 e. The summed E-state index contributed by atoms with van der Waals surface area (Å²) in [5.41, 5.74) is -4.10. The minimum atomic E-state index is -5.21. The Morgan fingerprint density at radius 3 is 2.21 bits per heavy atom. The molecule has 24 heavy (non-hydrogen) atoms. The predicted octanol–water partition coefficient (Wildman–Crippen LogP) is 1.47. The van der Waals surface area contributed by atoms with Crippen LogP contribution in [-0.2, 0) is 29.2 Å². The third kappa shape index (κ3) is 2.57. The lowest BCUT2D eigenvalue weighted by atomic mass is 9.66. The minimum Gasteiger partial charge on any atom is -0.449 e. The average molecular weight is 374 g/mol. The lowest BCUT2D eigenvalue weighted by Crippen LogP contribution is -2.52. The van der Waals surface area contributed by atoms with Gasteiger partial charge in [0.2, 0.25) is 11.7 Å². The highest BCUT2D eigenvalue weighted by atomic mass is 32.2. The second-order valence-electron chi connectivity index (χ2n) is 6.86. The van der Waals surface area contributed by atoms with E-state index in [9.17, 15) is 31.2 Å².